The van der Waals surface area contributed by atoms with E-state index in [0.717, 1.165) is 0 Å². The predicted molar refractivity (Wildman–Crippen MR) is 54.8 cm³/mol. The van der Waals surface area contributed by atoms with Gasteiger partial charge in [0, 0.05) is 24.2 Å². The second kappa shape index (κ2) is 4.37. The van der Waals surface area contributed by atoms with Crippen molar-refractivity contribution >= 4 is 5.91 Å². The van der Waals surface area contributed by atoms with Crippen molar-refractivity contribution in [1.82, 2.24) is 5.32 Å². The van der Waals surface area contributed by atoms with Gasteiger partial charge in [-0.1, -0.05) is 0 Å². The molecule has 1 amide bonds. The average Bonchev–Trinajstić information content (AvgIpc) is 2.13. The van der Waals surface area contributed by atoms with Crippen molar-refractivity contribution < 1.29 is 18.0 Å². The number of amides is 1. The van der Waals surface area contributed by atoms with Crippen molar-refractivity contribution in [3.8, 4) is 0 Å². The first kappa shape index (κ1) is 11.9. The van der Waals surface area contributed by atoms with Crippen LogP contribution in [0.4, 0.5) is 13.2 Å². The third-order valence-electron chi connectivity index (χ3n) is 2.74. The maximum absolute atomic E-state index is 13.2. The summed E-state index contributed by atoms with van der Waals surface area (Å²) in [6, 6.07) is 0.805. The van der Waals surface area contributed by atoms with E-state index in [9.17, 15) is 18.0 Å². The van der Waals surface area contributed by atoms with E-state index in [1.807, 2.05) is 0 Å². The topological polar surface area (TPSA) is 55.1 Å². The van der Waals surface area contributed by atoms with Crippen molar-refractivity contribution in [1.29, 1.82) is 0 Å². The molecule has 1 aromatic rings. The highest BCUT2D eigenvalue weighted by atomic mass is 19.1. The zero-order chi connectivity index (χ0) is 12.6. The van der Waals surface area contributed by atoms with E-state index in [4.69, 9.17) is 5.73 Å². The van der Waals surface area contributed by atoms with Crippen LogP contribution in [0, 0.1) is 17.5 Å². The Balaban J connectivity index is 2.14. The minimum absolute atomic E-state index is 0.0169. The maximum atomic E-state index is 13.2. The van der Waals surface area contributed by atoms with Gasteiger partial charge in [-0.05, 0) is 12.8 Å². The summed E-state index contributed by atoms with van der Waals surface area (Å²) >= 11 is 0. The summed E-state index contributed by atoms with van der Waals surface area (Å²) in [4.78, 5) is 11.6. The molecule has 92 valence electrons. The van der Waals surface area contributed by atoms with E-state index in [1.54, 1.807) is 0 Å². The van der Waals surface area contributed by atoms with Crippen LogP contribution in [0.5, 0.6) is 0 Å². The number of halogens is 3. The number of carbonyl (C=O) groups excluding carboxylic acids is 1. The molecule has 0 spiro atoms. The Morgan fingerprint density at radius 3 is 2.24 bits per heavy atom. The summed E-state index contributed by atoms with van der Waals surface area (Å²) in [5, 5.41) is 2.44. The average molecular weight is 244 g/mol. The molecule has 2 rings (SSSR count). The van der Waals surface area contributed by atoms with Crippen LogP contribution >= 0.6 is 0 Å². The molecule has 3 N–H and O–H groups in total. The highest BCUT2D eigenvalue weighted by Crippen LogP contribution is 2.20. The third-order valence-corrected chi connectivity index (χ3v) is 2.74. The van der Waals surface area contributed by atoms with Gasteiger partial charge in [-0.25, -0.2) is 13.2 Å². The summed E-state index contributed by atoms with van der Waals surface area (Å²) in [7, 11) is 0. The van der Waals surface area contributed by atoms with Crippen LogP contribution in [0.25, 0.3) is 0 Å². The van der Waals surface area contributed by atoms with E-state index >= 15 is 0 Å². The number of benzene rings is 1. The first-order valence-corrected chi connectivity index (χ1v) is 5.18. The van der Waals surface area contributed by atoms with Gasteiger partial charge in [-0.2, -0.15) is 0 Å². The van der Waals surface area contributed by atoms with Crippen LogP contribution in [0.1, 0.15) is 23.2 Å². The summed E-state index contributed by atoms with van der Waals surface area (Å²) in [5.41, 5.74) is 4.76. The highest BCUT2D eigenvalue weighted by Gasteiger charge is 2.29. The summed E-state index contributed by atoms with van der Waals surface area (Å²) in [5.74, 6) is -4.34. The van der Waals surface area contributed by atoms with Crippen molar-refractivity contribution in [3.63, 3.8) is 0 Å². The van der Waals surface area contributed by atoms with Crippen LogP contribution in [0.15, 0.2) is 12.1 Å². The van der Waals surface area contributed by atoms with Gasteiger partial charge in [-0.15, -0.1) is 0 Å². The molecule has 1 fully saturated rings. The first-order chi connectivity index (χ1) is 7.97. The molecule has 0 unspecified atom stereocenters. The van der Waals surface area contributed by atoms with Crippen LogP contribution in [-0.4, -0.2) is 18.0 Å². The van der Waals surface area contributed by atoms with E-state index in [0.29, 0.717) is 25.0 Å². The van der Waals surface area contributed by atoms with Crippen molar-refractivity contribution in [3.05, 3.63) is 35.1 Å². The maximum Gasteiger partial charge on any atom is 0.257 e. The quantitative estimate of drug-likeness (QED) is 0.824. The van der Waals surface area contributed by atoms with E-state index in [-0.39, 0.29) is 12.1 Å². The number of hydrogen-bond donors (Lipinski definition) is 2. The molecule has 1 aromatic carbocycles. The molecule has 17 heavy (non-hydrogen) atoms. The van der Waals surface area contributed by atoms with Crippen molar-refractivity contribution in [2.45, 2.75) is 24.9 Å². The lowest BCUT2D eigenvalue weighted by Crippen LogP contribution is -2.50. The SMILES string of the molecule is NC1CC(NC(=O)c2c(F)cc(F)cc2F)C1. The fraction of sp³-hybridized carbons (Fsp3) is 0.364. The Morgan fingerprint density at radius 2 is 1.76 bits per heavy atom. The molecule has 0 atom stereocenters. The fourth-order valence-electron chi connectivity index (χ4n) is 1.80. The minimum Gasteiger partial charge on any atom is -0.349 e. The molecule has 0 bridgehead atoms. The summed E-state index contributed by atoms with van der Waals surface area (Å²) in [6.07, 6.45) is 1.16. The third kappa shape index (κ3) is 2.41. The zero-order valence-electron chi connectivity index (χ0n) is 8.84. The molecule has 1 saturated carbocycles. The number of nitrogens with one attached hydrogen (secondary N) is 1. The summed E-state index contributed by atoms with van der Waals surface area (Å²) < 4.78 is 39.1. The van der Waals surface area contributed by atoms with Crippen LogP contribution in [0.3, 0.4) is 0 Å². The number of carbonyl (C=O) groups is 1. The van der Waals surface area contributed by atoms with Crippen molar-refractivity contribution in [2.75, 3.05) is 0 Å². The van der Waals surface area contributed by atoms with Gasteiger partial charge in [0.2, 0.25) is 0 Å². The molecule has 0 aromatic heterocycles. The normalized spacial score (nSPS) is 23.1. The smallest absolute Gasteiger partial charge is 0.257 e. The molecule has 6 heteroatoms. The molecule has 1 aliphatic carbocycles. The molecule has 3 nitrogen and oxygen atoms in total. The van der Waals surface area contributed by atoms with Gasteiger partial charge in [0.15, 0.2) is 0 Å². The Bertz CT molecular complexity index is 435. The lowest BCUT2D eigenvalue weighted by atomic mass is 9.87. The number of rotatable bonds is 2. The van der Waals surface area contributed by atoms with Gasteiger partial charge in [0.05, 0.1) is 0 Å². The monoisotopic (exact) mass is 244 g/mol. The number of hydrogen-bond acceptors (Lipinski definition) is 2. The lowest BCUT2D eigenvalue weighted by Gasteiger charge is -2.32. The highest BCUT2D eigenvalue weighted by molar-refractivity contribution is 5.95. The van der Waals surface area contributed by atoms with Crippen LogP contribution in [0.2, 0.25) is 0 Å². The molecule has 0 aliphatic heterocycles. The molecule has 0 heterocycles. The van der Waals surface area contributed by atoms with Gasteiger partial charge >= 0.3 is 0 Å². The zero-order valence-corrected chi connectivity index (χ0v) is 8.84. The van der Waals surface area contributed by atoms with Gasteiger partial charge in [0.25, 0.3) is 5.91 Å². The Kier molecular flexibility index (Phi) is 3.06. The fourth-order valence-corrected chi connectivity index (χ4v) is 1.80. The Labute approximate surface area is 95.8 Å². The molecular weight excluding hydrogens is 233 g/mol. The molecule has 0 saturated heterocycles. The van der Waals surface area contributed by atoms with E-state index in [1.165, 1.54) is 0 Å². The van der Waals surface area contributed by atoms with Gasteiger partial charge in [0.1, 0.15) is 23.0 Å². The predicted octanol–water partition coefficient (Wildman–Crippen LogP) is 1.32. The second-order valence-electron chi connectivity index (χ2n) is 4.15. The second-order valence-corrected chi connectivity index (χ2v) is 4.15. The van der Waals surface area contributed by atoms with E-state index < -0.39 is 28.9 Å². The molecule has 1 aliphatic rings. The number of nitrogens with two attached hydrogens (primary N) is 1. The Hall–Kier alpha value is -1.56. The first-order valence-electron chi connectivity index (χ1n) is 5.18. The van der Waals surface area contributed by atoms with Crippen LogP contribution in [-0.2, 0) is 0 Å². The Morgan fingerprint density at radius 1 is 1.24 bits per heavy atom. The van der Waals surface area contributed by atoms with E-state index in [2.05, 4.69) is 5.32 Å². The van der Waals surface area contributed by atoms with Crippen LogP contribution < -0.4 is 11.1 Å². The largest absolute Gasteiger partial charge is 0.349 e. The molecule has 0 radical (unpaired) electrons. The van der Waals surface area contributed by atoms with Crippen molar-refractivity contribution in [2.24, 2.45) is 5.73 Å². The minimum atomic E-state index is -1.20. The summed E-state index contributed by atoms with van der Waals surface area (Å²) in [6.45, 7) is 0. The molecular formula is C11H11F3N2O. The van der Waals surface area contributed by atoms with Gasteiger partial charge in [-0.3, -0.25) is 4.79 Å². The standard InChI is InChI=1S/C11H11F3N2O/c12-5-1-8(13)10(9(14)2-5)11(17)16-7-3-6(15)4-7/h1-2,6-7H,3-4,15H2,(H,16,17). The lowest BCUT2D eigenvalue weighted by molar-refractivity contribution is 0.0901. The van der Waals surface area contributed by atoms with Gasteiger partial charge < -0.3 is 11.1 Å².